The first-order chi connectivity index (χ1) is 34.0. The molecular formula is C51H66N7O12S+. The largest absolute Gasteiger partial charge is 0.372 e. The summed E-state index contributed by atoms with van der Waals surface area (Å²) in [6.07, 6.45) is 1.65. The molecule has 2 aliphatic rings. The molecule has 20 heteroatoms. The van der Waals surface area contributed by atoms with Crippen LogP contribution in [-0.4, -0.2) is 140 Å². The summed E-state index contributed by atoms with van der Waals surface area (Å²) in [7, 11) is -4.66. The van der Waals surface area contributed by atoms with Crippen LogP contribution in [0.2, 0.25) is 0 Å². The highest BCUT2D eigenvalue weighted by molar-refractivity contribution is 7.85. The average Bonchev–Trinajstić information content (AvgIpc) is 3.67. The molecule has 3 aromatic carbocycles. The highest BCUT2D eigenvalue weighted by Crippen LogP contribution is 2.41. The van der Waals surface area contributed by atoms with Crippen molar-refractivity contribution < 1.29 is 55.8 Å². The number of nitrogens with one attached hydrogen (secondary N) is 2. The maximum atomic E-state index is 14.5. The lowest BCUT2D eigenvalue weighted by molar-refractivity contribution is -0.197. The van der Waals surface area contributed by atoms with Crippen LogP contribution in [-0.2, 0) is 43.7 Å². The second-order valence-corrected chi connectivity index (χ2v) is 19.1. The van der Waals surface area contributed by atoms with Crippen molar-refractivity contribution in [3.05, 3.63) is 66.2 Å². The third-order valence-corrected chi connectivity index (χ3v) is 13.7. The van der Waals surface area contributed by atoms with Crippen molar-refractivity contribution in [2.75, 3.05) is 74.5 Å². The minimum absolute atomic E-state index is 0.0168. The van der Waals surface area contributed by atoms with Gasteiger partial charge in [-0.25, -0.2) is 9.21 Å². The normalized spacial score (nSPS) is 14.5. The monoisotopic (exact) mass is 1000 g/mol. The number of hydrogen-bond donors (Lipinski definition) is 3. The number of anilines is 2. The van der Waals surface area contributed by atoms with Gasteiger partial charge in [-0.2, -0.15) is 8.42 Å². The molecule has 6 rings (SSSR count). The van der Waals surface area contributed by atoms with Gasteiger partial charge < -0.3 is 35.1 Å². The van der Waals surface area contributed by atoms with Gasteiger partial charge in [0.25, 0.3) is 27.8 Å². The van der Waals surface area contributed by atoms with Crippen LogP contribution >= 0.6 is 0 Å². The standard InChI is InChI=1S/C51H65N7O12S/c1-5-54(6-2)35-21-23-39-42(32-35)69-43-33-36(55(7-3)8-4)22-24-40(43)49(39)37-16-11-12-17-38(37)51(65)57-30-28-56(29-31-57)45(60)19-14-13-18-44(59)53-41(34-71(66,67)68)50(64)52-27-15-9-10-20-48(63)70-58-46(61)25-26-47(58)62/h11-12,16-17,21-24,32-33,41H,5-10,13-15,18-20,25-31,34H2,1-4H3,(H2-,52,53,59,64,66,67,68)/p+1. The fraction of sp³-hybridized carbons (Fsp3) is 0.490. The second-order valence-electron chi connectivity index (χ2n) is 17.6. The quantitative estimate of drug-likeness (QED) is 0.0250. The number of rotatable bonds is 24. The second kappa shape index (κ2) is 24.9. The Morgan fingerprint density at radius 1 is 0.718 bits per heavy atom. The van der Waals surface area contributed by atoms with E-state index in [2.05, 4.69) is 84.5 Å². The molecule has 1 unspecified atom stereocenters. The fourth-order valence-electron chi connectivity index (χ4n) is 9.04. The highest BCUT2D eigenvalue weighted by Gasteiger charge is 2.33. The zero-order chi connectivity index (χ0) is 51.2. The molecule has 19 nitrogen and oxygen atoms in total. The topological polar surface area (TPSA) is 235 Å². The Morgan fingerprint density at radius 2 is 1.27 bits per heavy atom. The zero-order valence-corrected chi connectivity index (χ0v) is 41.9. The van der Waals surface area contributed by atoms with Crippen molar-refractivity contribution in [2.45, 2.75) is 97.9 Å². The summed E-state index contributed by atoms with van der Waals surface area (Å²) in [6.45, 7) is 13.2. The summed E-state index contributed by atoms with van der Waals surface area (Å²) >= 11 is 0. The van der Waals surface area contributed by atoms with Crippen LogP contribution in [0, 0.1) is 0 Å². The molecule has 0 spiro atoms. The van der Waals surface area contributed by atoms with Crippen LogP contribution in [0.3, 0.4) is 0 Å². The van der Waals surface area contributed by atoms with E-state index in [-0.39, 0.29) is 56.9 Å². The summed E-state index contributed by atoms with van der Waals surface area (Å²) in [6, 6.07) is 18.5. The van der Waals surface area contributed by atoms with Crippen molar-refractivity contribution in [3.63, 3.8) is 0 Å². The van der Waals surface area contributed by atoms with Gasteiger partial charge in [-0.3, -0.25) is 33.3 Å². The van der Waals surface area contributed by atoms with E-state index in [9.17, 15) is 46.5 Å². The maximum Gasteiger partial charge on any atom is 0.363 e. The lowest BCUT2D eigenvalue weighted by atomic mass is 9.92. The van der Waals surface area contributed by atoms with Gasteiger partial charge in [0.15, 0.2) is 0 Å². The molecule has 4 aromatic rings. The average molecular weight is 1000 g/mol. The van der Waals surface area contributed by atoms with Crippen LogP contribution in [0.25, 0.3) is 33.1 Å². The van der Waals surface area contributed by atoms with Crippen molar-refractivity contribution in [2.24, 2.45) is 0 Å². The molecule has 0 saturated carbocycles. The van der Waals surface area contributed by atoms with E-state index in [0.717, 1.165) is 59.5 Å². The molecule has 71 heavy (non-hydrogen) atoms. The number of fused-ring (bicyclic) bond motifs is 2. The van der Waals surface area contributed by atoms with E-state index in [4.69, 9.17) is 9.25 Å². The summed E-state index contributed by atoms with van der Waals surface area (Å²) < 4.78 is 39.5. The van der Waals surface area contributed by atoms with Crippen LogP contribution in [0.4, 0.5) is 11.4 Å². The van der Waals surface area contributed by atoms with Gasteiger partial charge in [-0.1, -0.05) is 24.6 Å². The molecule has 1 aromatic heterocycles. The lowest BCUT2D eigenvalue weighted by Crippen LogP contribution is -2.50. The van der Waals surface area contributed by atoms with E-state index in [1.807, 2.05) is 24.3 Å². The predicted octanol–water partition coefficient (Wildman–Crippen LogP) is 5.73. The molecule has 0 aliphatic carbocycles. The number of nitrogens with zero attached hydrogens (tertiary/aromatic N) is 5. The van der Waals surface area contributed by atoms with Gasteiger partial charge >= 0.3 is 17.1 Å². The molecule has 382 valence electrons. The third kappa shape index (κ3) is 14.0. The molecule has 0 bridgehead atoms. The first-order valence-electron chi connectivity index (χ1n) is 24.6. The van der Waals surface area contributed by atoms with Gasteiger partial charge in [0.2, 0.25) is 17.7 Å². The number of carbonyl (C=O) groups is 7. The fourth-order valence-corrected chi connectivity index (χ4v) is 9.69. The Kier molecular flexibility index (Phi) is 18.9. The van der Waals surface area contributed by atoms with Crippen LogP contribution < -0.4 is 20.4 Å². The minimum atomic E-state index is -4.66. The molecule has 3 N–H and O–H groups in total. The van der Waals surface area contributed by atoms with Gasteiger partial charge in [-0.15, -0.1) is 5.06 Å². The number of unbranched alkanes of at least 4 members (excludes halogenated alkanes) is 3. The van der Waals surface area contributed by atoms with Crippen molar-refractivity contribution in [1.29, 1.82) is 0 Å². The van der Waals surface area contributed by atoms with E-state index in [1.54, 1.807) is 9.80 Å². The van der Waals surface area contributed by atoms with Gasteiger partial charge in [0, 0.05) is 114 Å². The van der Waals surface area contributed by atoms with E-state index in [1.165, 1.54) is 0 Å². The van der Waals surface area contributed by atoms with Crippen molar-refractivity contribution >= 4 is 84.8 Å². The number of benzene rings is 3. The van der Waals surface area contributed by atoms with Crippen molar-refractivity contribution in [1.82, 2.24) is 25.5 Å². The highest BCUT2D eigenvalue weighted by atomic mass is 32.2. The minimum Gasteiger partial charge on any atom is -0.372 e. The number of hydrogen-bond acceptors (Lipinski definition) is 12. The molecule has 2 saturated heterocycles. The lowest BCUT2D eigenvalue weighted by Gasteiger charge is -2.35. The Bertz CT molecular complexity index is 2630. The van der Waals surface area contributed by atoms with Gasteiger partial charge in [-0.05, 0) is 89.3 Å². The van der Waals surface area contributed by atoms with Crippen LogP contribution in [0.1, 0.15) is 102 Å². The predicted molar refractivity (Wildman–Crippen MR) is 269 cm³/mol. The first-order valence-corrected chi connectivity index (χ1v) is 26.2. The zero-order valence-electron chi connectivity index (χ0n) is 41.1. The Hall–Kier alpha value is -6.67. The smallest absolute Gasteiger partial charge is 0.363 e. The Balaban J connectivity index is 0.999. The molecule has 3 heterocycles. The van der Waals surface area contributed by atoms with Crippen LogP contribution in [0.15, 0.2) is 65.1 Å². The molecular weight excluding hydrogens is 935 g/mol. The van der Waals surface area contributed by atoms with E-state index in [0.29, 0.717) is 73.7 Å². The van der Waals surface area contributed by atoms with Crippen molar-refractivity contribution in [3.8, 4) is 11.1 Å². The molecule has 2 aliphatic heterocycles. The number of imide groups is 1. The van der Waals surface area contributed by atoms with E-state index < -0.39 is 51.5 Å². The molecule has 2 fully saturated rings. The summed E-state index contributed by atoms with van der Waals surface area (Å²) in [5.74, 6) is -4.70. The first kappa shape index (κ1) is 53.7. The number of carbonyl (C=O) groups excluding carboxylic acids is 7. The summed E-state index contributed by atoms with van der Waals surface area (Å²) in [5, 5.41) is 7.13. The number of hydroxylamine groups is 2. The summed E-state index contributed by atoms with van der Waals surface area (Å²) in [4.78, 5) is 101. The van der Waals surface area contributed by atoms with Crippen LogP contribution in [0.5, 0.6) is 0 Å². The summed E-state index contributed by atoms with van der Waals surface area (Å²) in [5.41, 5.74) is 5.76. The van der Waals surface area contributed by atoms with E-state index >= 15 is 0 Å². The SMILES string of the molecule is CCN(CC)c1ccc2c(-c3ccccc3C(=O)N3CCN(C(=O)CCCCC(=O)NC(CS(=O)(=O)O)C(=O)NCCCCCC(=O)ON4C(=O)CCC4=O)CC3)c3ccc(N(CC)CC)cc3[o+]c2c1. The Morgan fingerprint density at radius 3 is 1.85 bits per heavy atom. The maximum absolute atomic E-state index is 14.5. The number of piperazine rings is 1. The third-order valence-electron chi connectivity index (χ3n) is 12.9. The molecule has 6 amide bonds. The van der Waals surface area contributed by atoms with Gasteiger partial charge in [0.1, 0.15) is 11.8 Å². The molecule has 1 atom stereocenters. The van der Waals surface area contributed by atoms with Gasteiger partial charge in [0.05, 0.1) is 22.9 Å². The number of amides is 6. The Labute approximate surface area is 414 Å². The molecule has 0 radical (unpaired) electrons.